The van der Waals surface area contributed by atoms with Gasteiger partial charge in [0.15, 0.2) is 0 Å². The molecule has 0 bridgehead atoms. The minimum Gasteiger partial charge on any atom is -0.449 e. The Morgan fingerprint density at radius 1 is 1.24 bits per heavy atom. The molecule has 6 heteroatoms. The molecule has 2 amide bonds. The van der Waals surface area contributed by atoms with Crippen LogP contribution in [0.4, 0.5) is 4.79 Å². The Balaban J connectivity index is 1.71. The summed E-state index contributed by atoms with van der Waals surface area (Å²) < 4.78 is 5.22. The summed E-state index contributed by atoms with van der Waals surface area (Å²) in [5.74, 6) is 0.116. The summed E-state index contributed by atoms with van der Waals surface area (Å²) in [5.41, 5.74) is 0.783. The van der Waals surface area contributed by atoms with Gasteiger partial charge in [-0.15, -0.1) is 0 Å². The highest BCUT2D eigenvalue weighted by atomic mass is 16.6. The Kier molecular flexibility index (Phi) is 7.25. The summed E-state index contributed by atoms with van der Waals surface area (Å²) in [5, 5.41) is 12.9. The van der Waals surface area contributed by atoms with Gasteiger partial charge in [0.1, 0.15) is 0 Å². The first kappa shape index (κ1) is 19.2. The SMILES string of the molecule is CC(C)COC(=O)N1CCC(C(=O)NC[C@@H](O)c2ccccc2)CC1. The number of hydrogen-bond acceptors (Lipinski definition) is 4. The number of piperidine rings is 1. The van der Waals surface area contributed by atoms with E-state index in [1.807, 2.05) is 44.2 Å². The Bertz CT molecular complexity index is 554. The van der Waals surface area contributed by atoms with E-state index in [-0.39, 0.29) is 24.5 Å². The fourth-order valence-corrected chi connectivity index (χ4v) is 2.79. The molecule has 25 heavy (non-hydrogen) atoms. The zero-order valence-electron chi connectivity index (χ0n) is 15.0. The third kappa shape index (κ3) is 6.05. The lowest BCUT2D eigenvalue weighted by molar-refractivity contribution is -0.126. The zero-order chi connectivity index (χ0) is 18.2. The van der Waals surface area contributed by atoms with E-state index in [0.717, 1.165) is 5.56 Å². The maximum atomic E-state index is 12.3. The van der Waals surface area contributed by atoms with Crippen molar-refractivity contribution in [3.05, 3.63) is 35.9 Å². The number of nitrogens with zero attached hydrogens (tertiary/aromatic N) is 1. The number of carbonyl (C=O) groups excluding carboxylic acids is 2. The number of hydrogen-bond donors (Lipinski definition) is 2. The van der Waals surface area contributed by atoms with Crippen LogP contribution in [0.1, 0.15) is 38.4 Å². The Morgan fingerprint density at radius 3 is 2.48 bits per heavy atom. The van der Waals surface area contributed by atoms with Gasteiger partial charge in [-0.3, -0.25) is 4.79 Å². The molecule has 0 saturated carbocycles. The van der Waals surface area contributed by atoms with Gasteiger partial charge in [-0.05, 0) is 24.3 Å². The molecule has 1 saturated heterocycles. The lowest BCUT2D eigenvalue weighted by Gasteiger charge is -2.31. The molecule has 0 unspecified atom stereocenters. The van der Waals surface area contributed by atoms with E-state index in [1.54, 1.807) is 4.90 Å². The number of aliphatic hydroxyl groups excluding tert-OH is 1. The molecule has 0 spiro atoms. The van der Waals surface area contributed by atoms with Crippen LogP contribution >= 0.6 is 0 Å². The quantitative estimate of drug-likeness (QED) is 0.827. The first-order chi connectivity index (χ1) is 12.0. The van der Waals surface area contributed by atoms with Gasteiger partial charge in [0.05, 0.1) is 12.7 Å². The highest BCUT2D eigenvalue weighted by molar-refractivity contribution is 5.79. The molecule has 2 N–H and O–H groups in total. The van der Waals surface area contributed by atoms with Gasteiger partial charge in [0.25, 0.3) is 0 Å². The van der Waals surface area contributed by atoms with Crippen LogP contribution < -0.4 is 5.32 Å². The Labute approximate surface area is 149 Å². The van der Waals surface area contributed by atoms with Gasteiger partial charge in [-0.1, -0.05) is 44.2 Å². The van der Waals surface area contributed by atoms with E-state index >= 15 is 0 Å². The molecule has 138 valence electrons. The number of aliphatic hydroxyl groups is 1. The molecule has 1 heterocycles. The molecule has 1 atom stereocenters. The van der Waals surface area contributed by atoms with Crippen molar-refractivity contribution >= 4 is 12.0 Å². The van der Waals surface area contributed by atoms with E-state index in [2.05, 4.69) is 5.32 Å². The summed E-state index contributed by atoms with van der Waals surface area (Å²) in [6, 6.07) is 9.26. The topological polar surface area (TPSA) is 78.9 Å². The van der Waals surface area contributed by atoms with Crippen molar-refractivity contribution in [3.8, 4) is 0 Å². The standard InChI is InChI=1S/C19H28N2O4/c1-14(2)13-25-19(24)21-10-8-16(9-11-21)18(23)20-12-17(22)15-6-4-3-5-7-15/h3-7,14,16-17,22H,8-13H2,1-2H3,(H,20,23)/t17-/m1/s1. The van der Waals surface area contributed by atoms with Crippen molar-refractivity contribution in [2.24, 2.45) is 11.8 Å². The monoisotopic (exact) mass is 348 g/mol. The molecular formula is C19H28N2O4. The molecule has 2 rings (SSSR count). The maximum absolute atomic E-state index is 12.3. The largest absolute Gasteiger partial charge is 0.449 e. The normalized spacial score (nSPS) is 16.6. The fraction of sp³-hybridized carbons (Fsp3) is 0.579. The average molecular weight is 348 g/mol. The number of rotatable bonds is 6. The molecule has 1 aliphatic rings. The van der Waals surface area contributed by atoms with Gasteiger partial charge in [0.2, 0.25) is 5.91 Å². The van der Waals surface area contributed by atoms with Crippen molar-refractivity contribution in [2.45, 2.75) is 32.8 Å². The summed E-state index contributed by atoms with van der Waals surface area (Å²) in [6.07, 6.45) is 0.219. The molecule has 1 aromatic rings. The van der Waals surface area contributed by atoms with Gasteiger partial charge < -0.3 is 20.1 Å². The van der Waals surface area contributed by atoms with E-state index in [0.29, 0.717) is 38.5 Å². The number of carbonyl (C=O) groups is 2. The van der Waals surface area contributed by atoms with Gasteiger partial charge in [-0.25, -0.2) is 4.79 Å². The second-order valence-electron chi connectivity index (χ2n) is 6.90. The molecule has 6 nitrogen and oxygen atoms in total. The van der Waals surface area contributed by atoms with E-state index < -0.39 is 6.10 Å². The van der Waals surface area contributed by atoms with Crippen LogP contribution in [0, 0.1) is 11.8 Å². The van der Waals surface area contributed by atoms with Crippen LogP contribution in [0.5, 0.6) is 0 Å². The van der Waals surface area contributed by atoms with E-state index in [9.17, 15) is 14.7 Å². The Morgan fingerprint density at radius 2 is 1.88 bits per heavy atom. The van der Waals surface area contributed by atoms with Crippen LogP contribution in [-0.2, 0) is 9.53 Å². The third-order valence-electron chi connectivity index (χ3n) is 4.32. The summed E-state index contributed by atoms with van der Waals surface area (Å²) in [4.78, 5) is 25.8. The van der Waals surface area contributed by atoms with Crippen LogP contribution in [-0.4, -0.2) is 48.2 Å². The van der Waals surface area contributed by atoms with Gasteiger partial charge in [0, 0.05) is 25.6 Å². The summed E-state index contributed by atoms with van der Waals surface area (Å²) in [6.45, 7) is 5.64. The van der Waals surface area contributed by atoms with Crippen molar-refractivity contribution < 1.29 is 19.4 Å². The predicted octanol–water partition coefficient (Wildman–Crippen LogP) is 2.34. The van der Waals surface area contributed by atoms with Crippen molar-refractivity contribution in [2.75, 3.05) is 26.2 Å². The lowest BCUT2D eigenvalue weighted by atomic mass is 9.96. The molecule has 1 fully saturated rings. The fourth-order valence-electron chi connectivity index (χ4n) is 2.79. The van der Waals surface area contributed by atoms with Crippen molar-refractivity contribution in [3.63, 3.8) is 0 Å². The number of ether oxygens (including phenoxy) is 1. The molecule has 0 aliphatic carbocycles. The first-order valence-corrected chi connectivity index (χ1v) is 8.89. The van der Waals surface area contributed by atoms with Crippen molar-refractivity contribution in [1.29, 1.82) is 0 Å². The summed E-state index contributed by atoms with van der Waals surface area (Å²) in [7, 11) is 0. The van der Waals surface area contributed by atoms with Crippen molar-refractivity contribution in [1.82, 2.24) is 10.2 Å². The van der Waals surface area contributed by atoms with Crippen LogP contribution in [0.2, 0.25) is 0 Å². The maximum Gasteiger partial charge on any atom is 0.409 e. The van der Waals surface area contributed by atoms with E-state index in [1.165, 1.54) is 0 Å². The second kappa shape index (κ2) is 9.42. The van der Waals surface area contributed by atoms with Crippen LogP contribution in [0.25, 0.3) is 0 Å². The molecule has 0 radical (unpaired) electrons. The minimum atomic E-state index is -0.712. The molecule has 0 aromatic heterocycles. The molecular weight excluding hydrogens is 320 g/mol. The highest BCUT2D eigenvalue weighted by Crippen LogP contribution is 2.19. The number of benzene rings is 1. The third-order valence-corrected chi connectivity index (χ3v) is 4.32. The number of nitrogens with one attached hydrogen (secondary N) is 1. The average Bonchev–Trinajstić information content (AvgIpc) is 2.64. The van der Waals surface area contributed by atoms with Gasteiger partial charge >= 0.3 is 6.09 Å². The Hall–Kier alpha value is -2.08. The van der Waals surface area contributed by atoms with Crippen LogP contribution in [0.3, 0.4) is 0 Å². The zero-order valence-corrected chi connectivity index (χ0v) is 15.0. The predicted molar refractivity (Wildman–Crippen MR) is 94.9 cm³/mol. The smallest absolute Gasteiger partial charge is 0.409 e. The summed E-state index contributed by atoms with van der Waals surface area (Å²) >= 11 is 0. The second-order valence-corrected chi connectivity index (χ2v) is 6.90. The van der Waals surface area contributed by atoms with Gasteiger partial charge in [-0.2, -0.15) is 0 Å². The first-order valence-electron chi connectivity index (χ1n) is 8.89. The lowest BCUT2D eigenvalue weighted by Crippen LogP contribution is -2.44. The van der Waals surface area contributed by atoms with Crippen LogP contribution in [0.15, 0.2) is 30.3 Å². The molecule has 1 aromatic carbocycles. The highest BCUT2D eigenvalue weighted by Gasteiger charge is 2.28. The number of likely N-dealkylation sites (tertiary alicyclic amines) is 1. The molecule has 1 aliphatic heterocycles. The number of amides is 2. The minimum absolute atomic E-state index is 0.0646. The van der Waals surface area contributed by atoms with E-state index in [4.69, 9.17) is 4.74 Å².